The van der Waals surface area contributed by atoms with Gasteiger partial charge in [0.1, 0.15) is 29.6 Å². The number of benzene rings is 1. The Morgan fingerprint density at radius 1 is 1.28 bits per heavy atom. The molecule has 3 N–H and O–H groups in total. The third-order valence-corrected chi connectivity index (χ3v) is 6.85. The average molecular weight is 411 g/mol. The Morgan fingerprint density at radius 2 is 2.07 bits per heavy atom. The molecule has 1 unspecified atom stereocenters. The van der Waals surface area contributed by atoms with Crippen LogP contribution < -0.4 is 15.5 Å². The van der Waals surface area contributed by atoms with Crippen molar-refractivity contribution in [2.24, 2.45) is 0 Å². The number of nitrogens with zero attached hydrogens (tertiary/aromatic N) is 2. The molecule has 0 spiro atoms. The summed E-state index contributed by atoms with van der Waals surface area (Å²) in [6.45, 7) is 9.12. The molecule has 0 bridgehead atoms. The minimum absolute atomic E-state index is 0.0207. The van der Waals surface area contributed by atoms with Gasteiger partial charge in [0.2, 0.25) is 5.91 Å². The van der Waals surface area contributed by atoms with E-state index in [4.69, 9.17) is 0 Å². The Hall–Kier alpha value is -2.51. The van der Waals surface area contributed by atoms with Crippen LogP contribution in [0.4, 0.5) is 5.82 Å². The van der Waals surface area contributed by atoms with Crippen LogP contribution >= 0.6 is 11.3 Å². The number of anilines is 1. The topological polar surface area (TPSA) is 71.3 Å². The maximum Gasteiger partial charge on any atom is 0.242 e. The van der Waals surface area contributed by atoms with Gasteiger partial charge in [0.25, 0.3) is 0 Å². The summed E-state index contributed by atoms with van der Waals surface area (Å²) in [5.74, 6) is 0.759. The van der Waals surface area contributed by atoms with Crippen LogP contribution in [0.15, 0.2) is 36.7 Å². The first-order chi connectivity index (χ1) is 14.0. The summed E-state index contributed by atoms with van der Waals surface area (Å²) in [5, 5.41) is 7.54. The smallest absolute Gasteiger partial charge is 0.242 e. The number of rotatable bonds is 6. The van der Waals surface area contributed by atoms with Crippen LogP contribution in [-0.4, -0.2) is 41.0 Å². The minimum Gasteiger partial charge on any atom is -0.358 e. The highest BCUT2D eigenvalue weighted by Crippen LogP contribution is 2.32. The van der Waals surface area contributed by atoms with Gasteiger partial charge in [-0.05, 0) is 26.3 Å². The van der Waals surface area contributed by atoms with Crippen LogP contribution in [0.2, 0.25) is 0 Å². The summed E-state index contributed by atoms with van der Waals surface area (Å²) in [6, 6.07) is 10.4. The van der Waals surface area contributed by atoms with E-state index in [1.807, 2.05) is 13.0 Å². The fourth-order valence-electron chi connectivity index (χ4n) is 3.99. The number of carbonyl (C=O) groups excluding carboxylic acids is 1. The van der Waals surface area contributed by atoms with E-state index in [1.165, 1.54) is 20.9 Å². The van der Waals surface area contributed by atoms with E-state index in [2.05, 4.69) is 58.7 Å². The number of quaternary nitrogens is 1. The molecule has 1 fully saturated rings. The monoisotopic (exact) mass is 410 g/mol. The maximum atomic E-state index is 12.8. The number of fused-ring (bicyclic) bond motifs is 1. The Morgan fingerprint density at radius 3 is 2.86 bits per heavy atom. The number of aromatic nitrogens is 2. The lowest BCUT2D eigenvalue weighted by molar-refractivity contribution is -0.901. The van der Waals surface area contributed by atoms with Gasteiger partial charge in [-0.1, -0.05) is 30.3 Å². The van der Waals surface area contributed by atoms with Crippen molar-refractivity contribution in [1.82, 2.24) is 15.3 Å². The van der Waals surface area contributed by atoms with E-state index in [1.54, 1.807) is 17.7 Å². The molecule has 0 aliphatic carbocycles. The summed E-state index contributed by atoms with van der Waals surface area (Å²) in [7, 11) is 0. The van der Waals surface area contributed by atoms with Crippen LogP contribution in [0, 0.1) is 13.8 Å². The predicted molar refractivity (Wildman–Crippen MR) is 117 cm³/mol. The Balaban J connectivity index is 1.35. The molecule has 1 aliphatic rings. The maximum absolute atomic E-state index is 12.8. The summed E-state index contributed by atoms with van der Waals surface area (Å²) in [6.07, 6.45) is 2.58. The SMILES string of the molecule is Cc1sc2ncnc(N[C@@H](C)C(=O)N[C@@H]3CC[NH+](Cc4ccccc4)C3)c2c1C. The second kappa shape index (κ2) is 8.47. The molecule has 2 aromatic heterocycles. The van der Waals surface area contributed by atoms with Crippen molar-refractivity contribution in [2.45, 2.75) is 45.8 Å². The van der Waals surface area contributed by atoms with Gasteiger partial charge in [0.05, 0.1) is 24.5 Å². The first kappa shape index (κ1) is 19.8. The summed E-state index contributed by atoms with van der Waals surface area (Å²) < 4.78 is 0. The number of likely N-dealkylation sites (tertiary alicyclic amines) is 1. The summed E-state index contributed by atoms with van der Waals surface area (Å²) in [4.78, 5) is 25.2. The van der Waals surface area contributed by atoms with Gasteiger partial charge in [-0.15, -0.1) is 11.3 Å². The van der Waals surface area contributed by atoms with Crippen LogP contribution in [0.5, 0.6) is 0 Å². The first-order valence-corrected chi connectivity index (χ1v) is 11.0. The van der Waals surface area contributed by atoms with Gasteiger partial charge in [-0.25, -0.2) is 9.97 Å². The van der Waals surface area contributed by atoms with Gasteiger partial charge in [-0.2, -0.15) is 0 Å². The van der Waals surface area contributed by atoms with Crippen molar-refractivity contribution in [1.29, 1.82) is 0 Å². The molecule has 29 heavy (non-hydrogen) atoms. The minimum atomic E-state index is -0.356. The quantitative estimate of drug-likeness (QED) is 0.582. The highest BCUT2D eigenvalue weighted by atomic mass is 32.1. The molecular weight excluding hydrogens is 382 g/mol. The standard InChI is InChI=1S/C22H27N5OS/c1-14-16(3)29-22-19(14)20(23-13-24-22)25-15(2)21(28)26-18-9-10-27(12-18)11-17-7-5-4-6-8-17/h4-8,13,15,18H,9-12H2,1-3H3,(H,26,28)(H,23,24,25)/p+1/t15-,18+/m0/s1. The largest absolute Gasteiger partial charge is 0.358 e. The van der Waals surface area contributed by atoms with Crippen molar-refractivity contribution in [3.8, 4) is 0 Å². The molecule has 1 amide bonds. The second-order valence-corrected chi connectivity index (χ2v) is 9.12. The highest BCUT2D eigenvalue weighted by molar-refractivity contribution is 7.18. The van der Waals surface area contributed by atoms with Crippen molar-refractivity contribution >= 4 is 33.3 Å². The Bertz CT molecular complexity index is 1000. The van der Waals surface area contributed by atoms with E-state index in [0.29, 0.717) is 0 Å². The third kappa shape index (κ3) is 4.41. The average Bonchev–Trinajstić information content (AvgIpc) is 3.27. The molecule has 152 valence electrons. The lowest BCUT2D eigenvalue weighted by Gasteiger charge is -2.18. The van der Waals surface area contributed by atoms with Gasteiger partial charge >= 0.3 is 0 Å². The lowest BCUT2D eigenvalue weighted by atomic mass is 10.2. The fraction of sp³-hybridized carbons (Fsp3) is 0.409. The normalized spacial score (nSPS) is 20.0. The Kier molecular flexibility index (Phi) is 5.78. The van der Waals surface area contributed by atoms with Crippen LogP contribution in [-0.2, 0) is 11.3 Å². The molecule has 3 heterocycles. The number of thiophene rings is 1. The van der Waals surface area contributed by atoms with Gasteiger partial charge in [0.15, 0.2) is 0 Å². The summed E-state index contributed by atoms with van der Waals surface area (Å²) in [5.41, 5.74) is 2.52. The molecule has 4 rings (SSSR count). The number of amides is 1. The molecule has 0 saturated carbocycles. The molecule has 1 saturated heterocycles. The van der Waals surface area contributed by atoms with Crippen LogP contribution in [0.3, 0.4) is 0 Å². The van der Waals surface area contributed by atoms with E-state index in [9.17, 15) is 4.79 Å². The zero-order chi connectivity index (χ0) is 20.4. The number of hydrogen-bond donors (Lipinski definition) is 3. The number of aryl methyl sites for hydroxylation is 2. The van der Waals surface area contributed by atoms with Crippen molar-refractivity contribution in [3.05, 3.63) is 52.7 Å². The molecular formula is C22H28N5OS+. The van der Waals surface area contributed by atoms with Crippen molar-refractivity contribution in [2.75, 3.05) is 18.4 Å². The zero-order valence-electron chi connectivity index (χ0n) is 17.2. The van der Waals surface area contributed by atoms with E-state index < -0.39 is 0 Å². The third-order valence-electron chi connectivity index (χ3n) is 5.74. The number of carbonyl (C=O) groups is 1. The molecule has 7 heteroatoms. The van der Waals surface area contributed by atoms with Crippen molar-refractivity contribution in [3.63, 3.8) is 0 Å². The zero-order valence-corrected chi connectivity index (χ0v) is 18.0. The predicted octanol–water partition coefficient (Wildman–Crippen LogP) is 2.08. The molecule has 1 aromatic carbocycles. The molecule has 6 nitrogen and oxygen atoms in total. The van der Waals surface area contributed by atoms with E-state index >= 15 is 0 Å². The van der Waals surface area contributed by atoms with Crippen LogP contribution in [0.25, 0.3) is 10.2 Å². The molecule has 1 aliphatic heterocycles. The number of hydrogen-bond acceptors (Lipinski definition) is 5. The van der Waals surface area contributed by atoms with Gasteiger partial charge < -0.3 is 15.5 Å². The highest BCUT2D eigenvalue weighted by Gasteiger charge is 2.29. The second-order valence-electron chi connectivity index (χ2n) is 7.91. The van der Waals surface area contributed by atoms with E-state index in [-0.39, 0.29) is 18.0 Å². The van der Waals surface area contributed by atoms with Crippen LogP contribution in [0.1, 0.15) is 29.3 Å². The first-order valence-electron chi connectivity index (χ1n) is 10.2. The fourth-order valence-corrected chi connectivity index (χ4v) is 4.98. The molecule has 3 atom stereocenters. The molecule has 0 radical (unpaired) electrons. The Labute approximate surface area is 175 Å². The summed E-state index contributed by atoms with van der Waals surface area (Å²) >= 11 is 1.66. The lowest BCUT2D eigenvalue weighted by Crippen LogP contribution is -3.09. The van der Waals surface area contributed by atoms with Gasteiger partial charge in [-0.3, -0.25) is 4.79 Å². The van der Waals surface area contributed by atoms with E-state index in [0.717, 1.165) is 42.1 Å². The van der Waals surface area contributed by atoms with Crippen molar-refractivity contribution < 1.29 is 9.69 Å². The van der Waals surface area contributed by atoms with Gasteiger partial charge in [0, 0.05) is 16.9 Å². The number of nitrogens with one attached hydrogen (secondary N) is 3. The molecule has 3 aromatic rings.